The average Bonchev–Trinajstić information content (AvgIpc) is 3.88. The van der Waals surface area contributed by atoms with Crippen LogP contribution in [0.1, 0.15) is 63.5 Å². The number of hydrogen-bond donors (Lipinski definition) is 2. The Bertz CT molecular complexity index is 2570. The Morgan fingerprint density at radius 3 is 2.09 bits per heavy atom. The van der Waals surface area contributed by atoms with Gasteiger partial charge in [-0.25, -0.2) is 4.67 Å². The van der Waals surface area contributed by atoms with Crippen LogP contribution >= 0.6 is 20.1 Å². The van der Waals surface area contributed by atoms with Crippen LogP contribution in [0, 0.1) is 11.3 Å². The fraction of sp³-hybridized carbons (Fsp3) is 0.347. The van der Waals surface area contributed by atoms with Crippen LogP contribution < -0.4 is 25.1 Å². The lowest BCUT2D eigenvalue weighted by Gasteiger charge is -2.39. The number of para-hydroxylation sites is 1. The molecule has 1 saturated heterocycles. The fourth-order valence-corrected chi connectivity index (χ4v) is 10.1. The molecule has 0 aliphatic carbocycles. The van der Waals surface area contributed by atoms with Crippen molar-refractivity contribution in [2.24, 2.45) is 0 Å². The molecule has 6 aromatic rings. The smallest absolute Gasteiger partial charge is 0.264 e. The zero-order chi connectivity index (χ0) is 46.8. The van der Waals surface area contributed by atoms with Crippen molar-refractivity contribution in [1.29, 1.82) is 5.26 Å². The van der Waals surface area contributed by atoms with Gasteiger partial charge in [0.25, 0.3) is 20.0 Å². The van der Waals surface area contributed by atoms with E-state index in [1.54, 1.807) is 43.1 Å². The second kappa shape index (κ2) is 22.1. The van der Waals surface area contributed by atoms with E-state index in [-0.39, 0.29) is 66.9 Å². The molecule has 1 amide bonds. The van der Waals surface area contributed by atoms with Gasteiger partial charge in [0.2, 0.25) is 5.95 Å². The van der Waals surface area contributed by atoms with Crippen LogP contribution in [-0.4, -0.2) is 83.4 Å². The summed E-state index contributed by atoms with van der Waals surface area (Å²) in [6.45, 7) is 8.10. The molecule has 1 unspecified atom stereocenters. The Kier molecular flexibility index (Phi) is 16.1. The second-order valence-corrected chi connectivity index (χ2v) is 17.8. The number of halogens is 1. The number of methoxy groups -OCH3 is 2. The monoisotopic (exact) mass is 936 g/mol. The molecule has 0 radical (unpaired) electrons. The number of nitrogens with zero attached hydrogens (tertiary/aromatic N) is 4. The molecular weight excluding hydrogens is 883 g/mol. The average molecular weight is 937 g/mol. The van der Waals surface area contributed by atoms with Crippen LogP contribution in [0.3, 0.4) is 0 Å². The molecule has 2 N–H and O–H groups in total. The van der Waals surface area contributed by atoms with Crippen LogP contribution in [0.15, 0.2) is 120 Å². The molecule has 66 heavy (non-hydrogen) atoms. The Balaban J connectivity index is 1.29. The molecule has 17 heteroatoms. The SMILES string of the molecule is COc1ccc(C(OC[C@H]2O[C@@H](n3c(Cl)cc4c(=O)[nH]c(NC(=O)COc5ccccc5)nc43)C[C@@H]2OP(OCCC#N)N(C(C)C)C(C)C)(c2ccccc2)c2ccc(OC)cc2)cc1. The first-order chi connectivity index (χ1) is 31.9. The summed E-state index contributed by atoms with van der Waals surface area (Å²) >= 11 is 6.98. The zero-order valence-corrected chi connectivity index (χ0v) is 39.3. The lowest BCUT2D eigenvalue weighted by atomic mass is 9.80. The number of amides is 1. The molecule has 1 aliphatic heterocycles. The van der Waals surface area contributed by atoms with Crippen LogP contribution in [0.25, 0.3) is 11.0 Å². The maximum atomic E-state index is 13.5. The van der Waals surface area contributed by atoms with E-state index in [9.17, 15) is 14.9 Å². The van der Waals surface area contributed by atoms with E-state index in [2.05, 4.69) is 53.7 Å². The van der Waals surface area contributed by atoms with E-state index in [0.29, 0.717) is 17.2 Å². The summed E-state index contributed by atoms with van der Waals surface area (Å²) < 4.78 is 48.3. The first-order valence-electron chi connectivity index (χ1n) is 21.6. The van der Waals surface area contributed by atoms with E-state index in [1.807, 2.05) is 84.9 Å². The van der Waals surface area contributed by atoms with Gasteiger partial charge in [-0.05, 0) is 86.8 Å². The molecule has 4 atom stereocenters. The van der Waals surface area contributed by atoms with E-state index in [0.717, 1.165) is 16.7 Å². The summed E-state index contributed by atoms with van der Waals surface area (Å²) in [6.07, 6.45) is -1.86. The maximum Gasteiger partial charge on any atom is 0.264 e. The standard InChI is InChI=1S/C49H54ClN6O9P/c1-32(2)56(33(3)4)66(63-27-13-26-51)65-41-29-45(55-43(50)28-40-46(55)53-48(54-47(40)58)52-44(57)31-61-39-16-11-8-12-17-39)64-42(41)30-62-49(34-14-9-7-10-15-34,35-18-22-37(59-5)23-19-35)36-20-24-38(60-6)25-21-36/h7-12,14-25,28,32-33,41-42,45H,13,27,29-31H2,1-6H3,(H2,52,53,54,57,58)/t41-,42+,45+,66?/m0/s1. The fourth-order valence-electron chi connectivity index (χ4n) is 8.05. The van der Waals surface area contributed by atoms with E-state index < -0.39 is 44.0 Å². The highest BCUT2D eigenvalue weighted by Gasteiger charge is 2.45. The lowest BCUT2D eigenvalue weighted by molar-refractivity contribution is -0.118. The number of fused-ring (bicyclic) bond motifs is 1. The topological polar surface area (TPSA) is 171 Å². The number of benzene rings is 4. The van der Waals surface area contributed by atoms with Crippen molar-refractivity contribution < 1.29 is 37.5 Å². The van der Waals surface area contributed by atoms with Gasteiger partial charge < -0.3 is 32.7 Å². The van der Waals surface area contributed by atoms with Gasteiger partial charge in [0, 0.05) is 18.5 Å². The minimum Gasteiger partial charge on any atom is -0.497 e. The molecule has 7 rings (SSSR count). The van der Waals surface area contributed by atoms with Gasteiger partial charge in [-0.3, -0.25) is 24.5 Å². The summed E-state index contributed by atoms with van der Waals surface area (Å²) in [5.41, 5.74) is 0.980. The highest BCUT2D eigenvalue weighted by molar-refractivity contribution is 7.44. The molecule has 0 bridgehead atoms. The van der Waals surface area contributed by atoms with Gasteiger partial charge in [-0.15, -0.1) is 0 Å². The zero-order valence-electron chi connectivity index (χ0n) is 37.7. The molecule has 1 fully saturated rings. The van der Waals surface area contributed by atoms with Gasteiger partial charge >= 0.3 is 0 Å². The van der Waals surface area contributed by atoms with Crippen molar-refractivity contribution in [1.82, 2.24) is 19.2 Å². The van der Waals surface area contributed by atoms with E-state index in [4.69, 9.17) is 44.3 Å². The Morgan fingerprint density at radius 2 is 1.52 bits per heavy atom. The number of hydrogen-bond acceptors (Lipinski definition) is 12. The quantitative estimate of drug-likeness (QED) is 0.0399. The molecule has 3 heterocycles. The number of aromatic nitrogens is 3. The van der Waals surface area contributed by atoms with E-state index in [1.165, 1.54) is 6.07 Å². The number of anilines is 1. The summed E-state index contributed by atoms with van der Waals surface area (Å²) in [5, 5.41) is 12.5. The van der Waals surface area contributed by atoms with E-state index >= 15 is 0 Å². The minimum atomic E-state index is -1.75. The second-order valence-electron chi connectivity index (χ2n) is 16.0. The first-order valence-corrected chi connectivity index (χ1v) is 23.1. The predicted molar refractivity (Wildman–Crippen MR) is 253 cm³/mol. The molecule has 1 aliphatic rings. The summed E-state index contributed by atoms with van der Waals surface area (Å²) in [7, 11) is 1.50. The molecule has 4 aromatic carbocycles. The summed E-state index contributed by atoms with van der Waals surface area (Å²) in [6, 6.07) is 38.0. The van der Waals surface area contributed by atoms with Gasteiger partial charge in [0.1, 0.15) is 40.3 Å². The van der Waals surface area contributed by atoms with Crippen LogP contribution in [0.2, 0.25) is 5.15 Å². The highest BCUT2D eigenvalue weighted by Crippen LogP contribution is 2.51. The highest BCUT2D eigenvalue weighted by atomic mass is 35.5. The molecule has 346 valence electrons. The van der Waals surface area contributed by atoms with Crippen molar-refractivity contribution in [2.45, 2.75) is 76.7 Å². The Labute approximate surface area is 390 Å². The van der Waals surface area contributed by atoms with Gasteiger partial charge in [-0.1, -0.05) is 84.4 Å². The normalized spacial score (nSPS) is 16.7. The molecule has 2 aromatic heterocycles. The third kappa shape index (κ3) is 10.9. The number of ether oxygens (including phenoxy) is 5. The number of carbonyl (C=O) groups excluding carboxylic acids is 1. The van der Waals surface area contributed by atoms with Crippen molar-refractivity contribution in [3.63, 3.8) is 0 Å². The van der Waals surface area contributed by atoms with Gasteiger partial charge in [-0.2, -0.15) is 10.2 Å². The van der Waals surface area contributed by atoms with Gasteiger partial charge in [0.05, 0.1) is 51.4 Å². The Hall–Kier alpha value is -5.82. The predicted octanol–water partition coefficient (Wildman–Crippen LogP) is 9.37. The largest absolute Gasteiger partial charge is 0.497 e. The van der Waals surface area contributed by atoms with Crippen LogP contribution in [0.5, 0.6) is 17.2 Å². The van der Waals surface area contributed by atoms with Crippen molar-refractivity contribution >= 4 is 43.0 Å². The summed E-state index contributed by atoms with van der Waals surface area (Å²) in [4.78, 5) is 33.9. The molecule has 0 saturated carbocycles. The lowest BCUT2D eigenvalue weighted by Crippen LogP contribution is -2.39. The third-order valence-electron chi connectivity index (χ3n) is 11.0. The number of H-pyrrole nitrogens is 1. The number of aromatic amines is 1. The third-order valence-corrected chi connectivity index (χ3v) is 13.5. The number of carbonyl (C=O) groups is 1. The number of nitrogens with one attached hydrogen (secondary N) is 2. The van der Waals surface area contributed by atoms with Crippen molar-refractivity contribution in [3.8, 4) is 23.3 Å². The Morgan fingerprint density at radius 1 is 0.924 bits per heavy atom. The number of nitriles is 1. The van der Waals surface area contributed by atoms with Crippen molar-refractivity contribution in [3.05, 3.63) is 147 Å². The summed E-state index contributed by atoms with van der Waals surface area (Å²) in [5.74, 6) is 1.25. The number of rotatable bonds is 21. The van der Waals surface area contributed by atoms with Crippen molar-refractivity contribution in [2.75, 3.05) is 39.4 Å². The minimum absolute atomic E-state index is 0.00754. The molecular formula is C49H54ClN6O9P. The van der Waals surface area contributed by atoms with Crippen LogP contribution in [-0.2, 0) is 28.9 Å². The van der Waals surface area contributed by atoms with Crippen LogP contribution in [0.4, 0.5) is 5.95 Å². The molecule has 15 nitrogen and oxygen atoms in total. The van der Waals surface area contributed by atoms with Gasteiger partial charge in [0.15, 0.2) is 12.3 Å². The molecule has 0 spiro atoms. The maximum absolute atomic E-state index is 13.5. The first kappa shape index (κ1) is 48.1.